The Kier molecular flexibility index (Phi) is 8.28. The van der Waals surface area contributed by atoms with E-state index in [0.717, 1.165) is 16.8 Å². The maximum absolute atomic E-state index is 12.2. The maximum Gasteiger partial charge on any atom is 0.249 e. The number of carbonyl (C=O) groups excluding carboxylic acids is 1. The van der Waals surface area contributed by atoms with Crippen molar-refractivity contribution in [3.8, 4) is 23.1 Å². The van der Waals surface area contributed by atoms with Crippen molar-refractivity contribution < 1.29 is 19.7 Å². The molecule has 0 aliphatic carbocycles. The van der Waals surface area contributed by atoms with Crippen LogP contribution in [0.15, 0.2) is 42.6 Å². The standard InChI is InChI=1S/C27H32N4O4/c1-16(2)35-24-10-9-21(26(29)34)25(22(24)14-28)20(11-12-32)13-18-5-7-19(8-6-18)23-15-31(4)27(30-23)17(3)33/h5-10,15-17,20,32-33H,11-13H2,1-4H3,(H2,29,34). The van der Waals surface area contributed by atoms with Crippen molar-refractivity contribution in [2.45, 2.75) is 51.7 Å². The number of benzene rings is 2. The van der Waals surface area contributed by atoms with Crippen LogP contribution in [0.4, 0.5) is 0 Å². The summed E-state index contributed by atoms with van der Waals surface area (Å²) in [6.07, 6.45) is 1.88. The van der Waals surface area contributed by atoms with E-state index in [2.05, 4.69) is 11.1 Å². The van der Waals surface area contributed by atoms with Crippen molar-refractivity contribution in [2.75, 3.05) is 6.61 Å². The number of aryl methyl sites for hydroxylation is 1. The molecule has 2 unspecified atom stereocenters. The maximum atomic E-state index is 12.2. The molecule has 8 heteroatoms. The van der Waals surface area contributed by atoms with Crippen molar-refractivity contribution in [1.29, 1.82) is 5.26 Å². The second-order valence-corrected chi connectivity index (χ2v) is 8.92. The first-order valence-corrected chi connectivity index (χ1v) is 11.6. The van der Waals surface area contributed by atoms with Gasteiger partial charge in [-0.3, -0.25) is 4.79 Å². The molecule has 0 bridgehead atoms. The van der Waals surface area contributed by atoms with E-state index in [1.807, 2.05) is 51.4 Å². The third-order valence-electron chi connectivity index (χ3n) is 5.85. The lowest BCUT2D eigenvalue weighted by molar-refractivity contribution is 0.0998. The average molecular weight is 477 g/mol. The van der Waals surface area contributed by atoms with Gasteiger partial charge in [-0.25, -0.2) is 4.98 Å². The van der Waals surface area contributed by atoms with E-state index >= 15 is 0 Å². The Bertz CT molecular complexity index is 1220. The summed E-state index contributed by atoms with van der Waals surface area (Å²) >= 11 is 0. The number of amides is 1. The molecule has 3 rings (SSSR count). The molecule has 1 amide bonds. The third kappa shape index (κ3) is 5.88. The number of nitriles is 1. The predicted molar refractivity (Wildman–Crippen MR) is 133 cm³/mol. The lowest BCUT2D eigenvalue weighted by atomic mass is 9.83. The van der Waals surface area contributed by atoms with Gasteiger partial charge in [0.1, 0.15) is 23.7 Å². The van der Waals surface area contributed by atoms with Gasteiger partial charge >= 0.3 is 0 Å². The van der Waals surface area contributed by atoms with Gasteiger partial charge in [0.05, 0.1) is 17.4 Å². The van der Waals surface area contributed by atoms with E-state index in [4.69, 9.17) is 10.5 Å². The summed E-state index contributed by atoms with van der Waals surface area (Å²) in [5.74, 6) is 0.0220. The Morgan fingerprint density at radius 2 is 1.89 bits per heavy atom. The summed E-state index contributed by atoms with van der Waals surface area (Å²) in [4.78, 5) is 16.8. The van der Waals surface area contributed by atoms with Gasteiger partial charge in [0.2, 0.25) is 5.91 Å². The smallest absolute Gasteiger partial charge is 0.249 e. The number of primary amides is 1. The fourth-order valence-corrected chi connectivity index (χ4v) is 4.31. The average Bonchev–Trinajstić information content (AvgIpc) is 3.20. The molecule has 184 valence electrons. The zero-order chi connectivity index (χ0) is 25.7. The van der Waals surface area contributed by atoms with Gasteiger partial charge in [-0.1, -0.05) is 24.3 Å². The summed E-state index contributed by atoms with van der Waals surface area (Å²) in [5.41, 5.74) is 9.30. The minimum Gasteiger partial charge on any atom is -0.490 e. The number of nitrogens with two attached hydrogens (primary N) is 1. The summed E-state index contributed by atoms with van der Waals surface area (Å²) in [6.45, 7) is 5.29. The Morgan fingerprint density at radius 1 is 1.20 bits per heavy atom. The summed E-state index contributed by atoms with van der Waals surface area (Å²) in [6, 6.07) is 13.2. The van der Waals surface area contributed by atoms with Crippen molar-refractivity contribution in [1.82, 2.24) is 9.55 Å². The molecular formula is C27H32N4O4. The number of hydrogen-bond donors (Lipinski definition) is 3. The molecule has 8 nitrogen and oxygen atoms in total. The summed E-state index contributed by atoms with van der Waals surface area (Å²) < 4.78 is 7.62. The van der Waals surface area contributed by atoms with Crippen LogP contribution in [0.2, 0.25) is 0 Å². The quantitative estimate of drug-likeness (QED) is 0.409. The number of ether oxygens (including phenoxy) is 1. The number of nitrogens with zero attached hydrogens (tertiary/aromatic N) is 3. The van der Waals surface area contributed by atoms with Gasteiger partial charge in [-0.2, -0.15) is 5.26 Å². The number of aromatic nitrogens is 2. The van der Waals surface area contributed by atoms with Crippen LogP contribution in [-0.4, -0.2) is 38.4 Å². The van der Waals surface area contributed by atoms with Crippen molar-refractivity contribution >= 4 is 5.91 Å². The van der Waals surface area contributed by atoms with Crippen LogP contribution in [0.1, 0.15) is 72.1 Å². The van der Waals surface area contributed by atoms with E-state index < -0.39 is 12.0 Å². The number of aliphatic hydroxyl groups is 2. The Labute approximate surface area is 205 Å². The molecule has 0 radical (unpaired) electrons. The number of aliphatic hydroxyl groups excluding tert-OH is 2. The van der Waals surface area contributed by atoms with E-state index in [-0.39, 0.29) is 29.8 Å². The van der Waals surface area contributed by atoms with Crippen molar-refractivity contribution in [3.05, 3.63) is 70.7 Å². The van der Waals surface area contributed by atoms with Gasteiger partial charge < -0.3 is 25.3 Å². The molecule has 0 fully saturated rings. The summed E-state index contributed by atoms with van der Waals surface area (Å²) in [5, 5.41) is 29.6. The molecule has 3 aromatic rings. The first kappa shape index (κ1) is 25.9. The molecule has 2 atom stereocenters. The molecule has 0 aliphatic rings. The third-order valence-corrected chi connectivity index (χ3v) is 5.85. The molecular weight excluding hydrogens is 444 g/mol. The normalized spacial score (nSPS) is 12.9. The lowest BCUT2D eigenvalue weighted by Gasteiger charge is -2.23. The topological polar surface area (TPSA) is 134 Å². The van der Waals surface area contributed by atoms with Gasteiger partial charge in [0.15, 0.2) is 0 Å². The first-order chi connectivity index (χ1) is 16.7. The zero-order valence-corrected chi connectivity index (χ0v) is 20.5. The van der Waals surface area contributed by atoms with Crippen LogP contribution >= 0.6 is 0 Å². The van der Waals surface area contributed by atoms with Crippen LogP contribution in [0.3, 0.4) is 0 Å². The van der Waals surface area contributed by atoms with Crippen LogP contribution in [0, 0.1) is 11.3 Å². The Balaban J connectivity index is 1.98. The van der Waals surface area contributed by atoms with Crippen LogP contribution in [-0.2, 0) is 13.5 Å². The monoisotopic (exact) mass is 476 g/mol. The highest BCUT2D eigenvalue weighted by atomic mass is 16.5. The number of hydrogen-bond acceptors (Lipinski definition) is 6. The highest BCUT2D eigenvalue weighted by Gasteiger charge is 2.25. The molecule has 4 N–H and O–H groups in total. The second kappa shape index (κ2) is 11.2. The molecule has 0 saturated heterocycles. The van der Waals surface area contributed by atoms with Crippen molar-refractivity contribution in [3.63, 3.8) is 0 Å². The largest absolute Gasteiger partial charge is 0.490 e. The molecule has 1 heterocycles. The fraction of sp³-hybridized carbons (Fsp3) is 0.370. The highest BCUT2D eigenvalue weighted by Crippen LogP contribution is 2.35. The van der Waals surface area contributed by atoms with E-state index in [1.54, 1.807) is 23.6 Å². The molecule has 1 aromatic heterocycles. The summed E-state index contributed by atoms with van der Waals surface area (Å²) in [7, 11) is 1.84. The van der Waals surface area contributed by atoms with Crippen LogP contribution in [0.25, 0.3) is 11.3 Å². The van der Waals surface area contributed by atoms with E-state index in [1.165, 1.54) is 0 Å². The van der Waals surface area contributed by atoms with Gasteiger partial charge in [-0.15, -0.1) is 0 Å². The lowest BCUT2D eigenvalue weighted by Crippen LogP contribution is -2.20. The van der Waals surface area contributed by atoms with Crippen LogP contribution < -0.4 is 10.5 Å². The minimum absolute atomic E-state index is 0.114. The SMILES string of the molecule is CC(C)Oc1ccc(C(N)=O)c(C(CCO)Cc2ccc(-c3cn(C)c(C(C)O)n3)cc2)c1C#N. The van der Waals surface area contributed by atoms with Gasteiger partial charge in [0.25, 0.3) is 0 Å². The second-order valence-electron chi connectivity index (χ2n) is 8.92. The highest BCUT2D eigenvalue weighted by molar-refractivity contribution is 5.95. The Hall–Kier alpha value is -3.67. The van der Waals surface area contributed by atoms with Gasteiger partial charge in [-0.05, 0) is 62.8 Å². The minimum atomic E-state index is -0.670. The number of rotatable bonds is 10. The van der Waals surface area contributed by atoms with Gasteiger partial charge in [0, 0.05) is 31.0 Å². The zero-order valence-electron chi connectivity index (χ0n) is 20.5. The van der Waals surface area contributed by atoms with Crippen LogP contribution in [0.5, 0.6) is 5.75 Å². The van der Waals surface area contributed by atoms with E-state index in [9.17, 15) is 20.3 Å². The molecule has 2 aromatic carbocycles. The molecule has 0 spiro atoms. The fourth-order valence-electron chi connectivity index (χ4n) is 4.31. The molecule has 35 heavy (non-hydrogen) atoms. The van der Waals surface area contributed by atoms with E-state index in [0.29, 0.717) is 30.0 Å². The Morgan fingerprint density at radius 3 is 2.40 bits per heavy atom. The molecule has 0 saturated carbocycles. The molecule has 0 aliphatic heterocycles. The predicted octanol–water partition coefficient (Wildman–Crippen LogP) is 3.61. The number of carbonyl (C=O) groups is 1. The van der Waals surface area contributed by atoms with Crippen molar-refractivity contribution in [2.24, 2.45) is 12.8 Å². The number of imidazole rings is 1. The first-order valence-electron chi connectivity index (χ1n) is 11.6.